The Labute approximate surface area is 102 Å². The topological polar surface area (TPSA) is 32.3 Å². The number of amides is 1. The summed E-state index contributed by atoms with van der Waals surface area (Å²) in [6.45, 7) is 2.08. The highest BCUT2D eigenvalue weighted by Crippen LogP contribution is 2.70. The molecule has 2 heterocycles. The monoisotopic (exact) mass is 232 g/mol. The van der Waals surface area contributed by atoms with Crippen LogP contribution in [0.4, 0.5) is 0 Å². The van der Waals surface area contributed by atoms with Crippen LogP contribution in [0.15, 0.2) is 0 Å². The van der Waals surface area contributed by atoms with Crippen molar-refractivity contribution in [1.82, 2.24) is 10.2 Å². The summed E-state index contributed by atoms with van der Waals surface area (Å²) in [5.74, 6) is 4.49. The molecule has 0 aromatic rings. The van der Waals surface area contributed by atoms with Crippen LogP contribution in [0, 0.1) is 29.6 Å². The Balaban J connectivity index is 1.36. The van der Waals surface area contributed by atoms with Gasteiger partial charge in [-0.3, -0.25) is 4.79 Å². The van der Waals surface area contributed by atoms with E-state index >= 15 is 0 Å². The number of rotatable bonds is 1. The first-order valence-electron chi connectivity index (χ1n) is 7.37. The molecule has 2 saturated heterocycles. The van der Waals surface area contributed by atoms with E-state index in [2.05, 4.69) is 10.2 Å². The molecule has 6 atom stereocenters. The Morgan fingerprint density at radius 2 is 1.65 bits per heavy atom. The second-order valence-corrected chi connectivity index (χ2v) is 6.96. The van der Waals surface area contributed by atoms with Gasteiger partial charge >= 0.3 is 0 Å². The van der Waals surface area contributed by atoms with E-state index in [9.17, 15) is 4.79 Å². The SMILES string of the molecule is O=C(C1C2C3CCC(C3)C12)N1C2CNCC1C2. The van der Waals surface area contributed by atoms with Crippen molar-refractivity contribution >= 4 is 5.91 Å². The number of carbonyl (C=O) groups is 1. The molecule has 4 bridgehead atoms. The number of fused-ring (bicyclic) bond motifs is 7. The summed E-state index contributed by atoms with van der Waals surface area (Å²) in [5, 5.41) is 3.41. The van der Waals surface area contributed by atoms with Crippen LogP contribution in [0.25, 0.3) is 0 Å². The number of nitrogens with one attached hydrogen (secondary N) is 1. The van der Waals surface area contributed by atoms with E-state index < -0.39 is 0 Å². The molecule has 2 aliphatic heterocycles. The van der Waals surface area contributed by atoms with Crippen LogP contribution >= 0.6 is 0 Å². The number of piperidine rings is 1. The van der Waals surface area contributed by atoms with Crippen molar-refractivity contribution in [3.63, 3.8) is 0 Å². The molecule has 0 aromatic heterocycles. The quantitative estimate of drug-likeness (QED) is 0.727. The van der Waals surface area contributed by atoms with Gasteiger partial charge in [-0.2, -0.15) is 0 Å². The van der Waals surface area contributed by atoms with Crippen molar-refractivity contribution in [2.75, 3.05) is 13.1 Å². The predicted molar refractivity (Wildman–Crippen MR) is 63.2 cm³/mol. The first-order chi connectivity index (χ1) is 8.34. The molecule has 17 heavy (non-hydrogen) atoms. The molecule has 0 spiro atoms. The minimum Gasteiger partial charge on any atom is -0.334 e. The summed E-state index contributed by atoms with van der Waals surface area (Å²) >= 11 is 0. The molecule has 1 N–H and O–H groups in total. The lowest BCUT2D eigenvalue weighted by Crippen LogP contribution is -2.69. The highest BCUT2D eigenvalue weighted by atomic mass is 16.2. The van der Waals surface area contributed by atoms with Gasteiger partial charge in [0.25, 0.3) is 0 Å². The summed E-state index contributed by atoms with van der Waals surface area (Å²) in [6.07, 6.45) is 5.55. The fourth-order valence-electron chi connectivity index (χ4n) is 5.67. The van der Waals surface area contributed by atoms with Gasteiger partial charge in [-0.25, -0.2) is 0 Å². The molecule has 3 nitrogen and oxygen atoms in total. The zero-order valence-corrected chi connectivity index (χ0v) is 10.1. The van der Waals surface area contributed by atoms with Crippen molar-refractivity contribution in [3.05, 3.63) is 0 Å². The Kier molecular flexibility index (Phi) is 1.58. The number of carbonyl (C=O) groups excluding carboxylic acids is 1. The average Bonchev–Trinajstić information content (AvgIpc) is 2.79. The van der Waals surface area contributed by atoms with Crippen LogP contribution < -0.4 is 5.32 Å². The molecule has 0 aromatic carbocycles. The lowest BCUT2D eigenvalue weighted by Gasteiger charge is -2.53. The maximum absolute atomic E-state index is 12.6. The zero-order valence-electron chi connectivity index (χ0n) is 10.1. The van der Waals surface area contributed by atoms with Gasteiger partial charge in [0.1, 0.15) is 0 Å². The molecule has 5 rings (SSSR count). The van der Waals surface area contributed by atoms with Gasteiger partial charge in [0.15, 0.2) is 0 Å². The molecule has 5 aliphatic rings. The van der Waals surface area contributed by atoms with Crippen molar-refractivity contribution in [2.24, 2.45) is 29.6 Å². The van der Waals surface area contributed by atoms with Gasteiger partial charge in [-0.15, -0.1) is 0 Å². The highest BCUT2D eigenvalue weighted by Gasteiger charge is 2.69. The van der Waals surface area contributed by atoms with Crippen LogP contribution in [0.2, 0.25) is 0 Å². The zero-order chi connectivity index (χ0) is 11.1. The van der Waals surface area contributed by atoms with Gasteiger partial charge in [-0.05, 0) is 49.4 Å². The first-order valence-corrected chi connectivity index (χ1v) is 7.37. The Morgan fingerprint density at radius 3 is 2.24 bits per heavy atom. The fourth-order valence-corrected chi connectivity index (χ4v) is 5.67. The van der Waals surface area contributed by atoms with Crippen LogP contribution in [0.5, 0.6) is 0 Å². The molecule has 6 unspecified atom stereocenters. The predicted octanol–water partition coefficient (Wildman–Crippen LogP) is 0.851. The molecule has 5 fully saturated rings. The third kappa shape index (κ3) is 1.01. The first kappa shape index (κ1) is 9.37. The lowest BCUT2D eigenvalue weighted by molar-refractivity contribution is -0.150. The number of hydrogen-bond donors (Lipinski definition) is 1. The minimum absolute atomic E-state index is 0.463. The maximum atomic E-state index is 12.6. The van der Waals surface area contributed by atoms with Gasteiger partial charge < -0.3 is 10.2 Å². The van der Waals surface area contributed by atoms with Gasteiger partial charge in [0.2, 0.25) is 5.91 Å². The molecule has 3 aliphatic carbocycles. The van der Waals surface area contributed by atoms with Crippen molar-refractivity contribution in [2.45, 2.75) is 37.8 Å². The smallest absolute Gasteiger partial charge is 0.226 e. The van der Waals surface area contributed by atoms with Crippen LogP contribution in [0.3, 0.4) is 0 Å². The summed E-state index contributed by atoms with van der Waals surface area (Å²) in [4.78, 5) is 14.9. The molecular weight excluding hydrogens is 212 g/mol. The highest BCUT2D eigenvalue weighted by molar-refractivity contribution is 5.84. The third-order valence-corrected chi connectivity index (χ3v) is 6.37. The number of piperazine rings is 1. The molecule has 1 amide bonds. The second kappa shape index (κ2) is 2.87. The fraction of sp³-hybridized carbons (Fsp3) is 0.929. The summed E-state index contributed by atoms with van der Waals surface area (Å²) < 4.78 is 0. The van der Waals surface area contributed by atoms with E-state index in [0.717, 1.165) is 36.8 Å². The molecule has 92 valence electrons. The van der Waals surface area contributed by atoms with Crippen LogP contribution in [0.1, 0.15) is 25.7 Å². The molecular formula is C14H20N2O. The van der Waals surface area contributed by atoms with Gasteiger partial charge in [0.05, 0.1) is 0 Å². The summed E-state index contributed by atoms with van der Waals surface area (Å²) in [7, 11) is 0. The second-order valence-electron chi connectivity index (χ2n) is 6.96. The number of hydrogen-bond acceptors (Lipinski definition) is 2. The number of nitrogens with zero attached hydrogens (tertiary/aromatic N) is 1. The van der Waals surface area contributed by atoms with E-state index in [4.69, 9.17) is 0 Å². The largest absolute Gasteiger partial charge is 0.334 e. The minimum atomic E-state index is 0.463. The standard InChI is InChI=1S/C14H20N2O/c17-14(16-9-4-10(16)6-15-5-9)13-11-7-1-2-8(3-7)12(11)13/h7-13,15H,1-6H2. The lowest BCUT2D eigenvalue weighted by atomic mass is 9.87. The van der Waals surface area contributed by atoms with Gasteiger partial charge in [0, 0.05) is 31.1 Å². The van der Waals surface area contributed by atoms with Crippen molar-refractivity contribution < 1.29 is 4.79 Å². The molecule has 0 radical (unpaired) electrons. The van der Waals surface area contributed by atoms with Crippen LogP contribution in [-0.4, -0.2) is 36.0 Å². The third-order valence-electron chi connectivity index (χ3n) is 6.37. The Morgan fingerprint density at radius 1 is 1.00 bits per heavy atom. The Hall–Kier alpha value is -0.570. The molecule has 3 saturated carbocycles. The van der Waals surface area contributed by atoms with E-state index in [1.807, 2.05) is 0 Å². The van der Waals surface area contributed by atoms with Crippen LogP contribution in [-0.2, 0) is 4.79 Å². The maximum Gasteiger partial charge on any atom is 0.226 e. The van der Waals surface area contributed by atoms with E-state index in [-0.39, 0.29) is 0 Å². The van der Waals surface area contributed by atoms with Crippen molar-refractivity contribution in [1.29, 1.82) is 0 Å². The summed E-state index contributed by atoms with van der Waals surface area (Å²) in [5.41, 5.74) is 0. The van der Waals surface area contributed by atoms with E-state index in [1.54, 1.807) is 0 Å². The Bertz CT molecular complexity index is 366. The summed E-state index contributed by atoms with van der Waals surface area (Å²) in [6, 6.07) is 1.08. The van der Waals surface area contributed by atoms with E-state index in [0.29, 0.717) is 23.9 Å². The van der Waals surface area contributed by atoms with E-state index in [1.165, 1.54) is 25.7 Å². The average molecular weight is 232 g/mol. The van der Waals surface area contributed by atoms with Gasteiger partial charge in [-0.1, -0.05) is 0 Å². The molecule has 3 heteroatoms. The van der Waals surface area contributed by atoms with Crippen molar-refractivity contribution in [3.8, 4) is 0 Å². The normalized spacial score (nSPS) is 57.6.